The monoisotopic (exact) mass is 521 g/mol. The van der Waals surface area contributed by atoms with Gasteiger partial charge < -0.3 is 16.0 Å². The molecule has 3 N–H and O–H groups in total. The van der Waals surface area contributed by atoms with Gasteiger partial charge in [-0.3, -0.25) is 9.59 Å². The van der Waals surface area contributed by atoms with Crippen molar-refractivity contribution < 1.29 is 9.59 Å². The molecular weight excluding hydrogens is 494 g/mol. The lowest BCUT2D eigenvalue weighted by Crippen LogP contribution is -2.30. The fourth-order valence-corrected chi connectivity index (χ4v) is 4.68. The number of anilines is 2. The molecule has 1 fully saturated rings. The number of allylic oxidation sites excluding steroid dienone is 1. The van der Waals surface area contributed by atoms with Gasteiger partial charge in [-0.25, -0.2) is 19.6 Å². The summed E-state index contributed by atoms with van der Waals surface area (Å²) < 4.78 is 1.79. The van der Waals surface area contributed by atoms with Crippen molar-refractivity contribution in [1.82, 2.24) is 29.6 Å². The molecule has 5 rings (SSSR count). The Hall–Kier alpha value is -5.11. The number of aryl methyl sites for hydroxylation is 1. The van der Waals surface area contributed by atoms with Crippen LogP contribution in [0, 0.1) is 18.3 Å². The summed E-state index contributed by atoms with van der Waals surface area (Å²) in [5, 5.41) is 17.7. The molecule has 3 aromatic heterocycles. The van der Waals surface area contributed by atoms with Gasteiger partial charge in [-0.15, -0.1) is 0 Å². The van der Waals surface area contributed by atoms with E-state index in [1.54, 1.807) is 60.0 Å². The van der Waals surface area contributed by atoms with Crippen LogP contribution in [0.2, 0.25) is 0 Å². The summed E-state index contributed by atoms with van der Waals surface area (Å²) in [6.07, 6.45) is 3.69. The topological polar surface area (TPSA) is 156 Å². The maximum atomic E-state index is 12.9. The van der Waals surface area contributed by atoms with E-state index in [2.05, 4.69) is 20.3 Å². The number of pyridine rings is 1. The number of nitrogens with one attached hydrogen (secondary N) is 1. The average Bonchev–Trinajstić information content (AvgIpc) is 3.55. The lowest BCUT2D eigenvalue weighted by atomic mass is 10.1. The Labute approximate surface area is 225 Å². The summed E-state index contributed by atoms with van der Waals surface area (Å²) in [6.45, 7) is 6.33. The minimum atomic E-state index is -0.277. The Bertz CT molecular complexity index is 1660. The number of nitrogens with two attached hydrogens (primary N) is 1. The van der Waals surface area contributed by atoms with E-state index in [9.17, 15) is 14.9 Å². The molecule has 1 atom stereocenters. The van der Waals surface area contributed by atoms with Gasteiger partial charge in [-0.05, 0) is 57.0 Å². The first-order chi connectivity index (χ1) is 18.8. The van der Waals surface area contributed by atoms with Crippen LogP contribution in [0.15, 0.2) is 60.1 Å². The number of fused-ring (bicyclic) bond motifs is 1. The highest BCUT2D eigenvalue weighted by Gasteiger charge is 2.32. The van der Waals surface area contributed by atoms with E-state index >= 15 is 0 Å². The van der Waals surface area contributed by atoms with Crippen molar-refractivity contribution in [2.24, 2.45) is 0 Å². The summed E-state index contributed by atoms with van der Waals surface area (Å²) in [5.41, 5.74) is 10.5. The predicted molar refractivity (Wildman–Crippen MR) is 146 cm³/mol. The molecule has 0 spiro atoms. The Morgan fingerprint density at radius 3 is 2.59 bits per heavy atom. The number of nitriles is 1. The first kappa shape index (κ1) is 25.5. The van der Waals surface area contributed by atoms with E-state index in [1.165, 1.54) is 6.33 Å². The molecular formula is C28H27N9O2. The molecule has 39 heavy (non-hydrogen) atoms. The lowest BCUT2D eigenvalue weighted by Gasteiger charge is -2.17. The highest BCUT2D eigenvalue weighted by atomic mass is 16.2. The second kappa shape index (κ2) is 10.3. The Balaban J connectivity index is 1.43. The summed E-state index contributed by atoms with van der Waals surface area (Å²) in [7, 11) is 0. The molecule has 2 amide bonds. The van der Waals surface area contributed by atoms with Crippen LogP contribution < -0.4 is 11.1 Å². The van der Waals surface area contributed by atoms with Crippen LogP contribution >= 0.6 is 0 Å². The molecule has 0 bridgehead atoms. The number of hydrogen-bond acceptors (Lipinski definition) is 8. The minimum absolute atomic E-state index is 0.150. The highest BCUT2D eigenvalue weighted by Crippen LogP contribution is 2.34. The molecule has 11 nitrogen and oxygen atoms in total. The largest absolute Gasteiger partial charge is 0.383 e. The molecule has 1 saturated heterocycles. The molecule has 0 aliphatic carbocycles. The maximum Gasteiger partial charge on any atom is 0.264 e. The smallest absolute Gasteiger partial charge is 0.264 e. The van der Waals surface area contributed by atoms with Crippen LogP contribution in [0.3, 0.4) is 0 Å². The van der Waals surface area contributed by atoms with Gasteiger partial charge in [-0.2, -0.15) is 10.4 Å². The summed E-state index contributed by atoms with van der Waals surface area (Å²) in [6, 6.07) is 12.6. The molecule has 11 heteroatoms. The summed E-state index contributed by atoms with van der Waals surface area (Å²) >= 11 is 0. The van der Waals surface area contributed by atoms with Gasteiger partial charge >= 0.3 is 0 Å². The van der Waals surface area contributed by atoms with Crippen LogP contribution in [0.5, 0.6) is 0 Å². The van der Waals surface area contributed by atoms with Crippen molar-refractivity contribution in [2.75, 3.05) is 24.1 Å². The number of hydrogen-bond donors (Lipinski definition) is 2. The second-order valence-electron chi connectivity index (χ2n) is 9.68. The normalized spacial score (nSPS) is 14.7. The number of likely N-dealkylation sites (tertiary alicyclic amines) is 1. The minimum Gasteiger partial charge on any atom is -0.383 e. The summed E-state index contributed by atoms with van der Waals surface area (Å²) in [4.78, 5) is 40.1. The van der Waals surface area contributed by atoms with Crippen molar-refractivity contribution in [2.45, 2.75) is 33.2 Å². The van der Waals surface area contributed by atoms with Crippen LogP contribution in [0.1, 0.15) is 42.2 Å². The van der Waals surface area contributed by atoms with Crippen molar-refractivity contribution in [3.8, 4) is 17.3 Å². The number of amides is 2. The molecule has 1 aliphatic heterocycles. The van der Waals surface area contributed by atoms with E-state index in [-0.39, 0.29) is 29.2 Å². The average molecular weight is 522 g/mol. The fraction of sp³-hybridized carbons (Fsp3) is 0.250. The zero-order chi connectivity index (χ0) is 27.7. The number of benzene rings is 1. The third-order valence-electron chi connectivity index (χ3n) is 6.72. The van der Waals surface area contributed by atoms with Crippen LogP contribution in [0.25, 0.3) is 22.3 Å². The third kappa shape index (κ3) is 4.92. The molecule has 0 unspecified atom stereocenters. The second-order valence-corrected chi connectivity index (χ2v) is 9.68. The zero-order valence-corrected chi connectivity index (χ0v) is 21.8. The van der Waals surface area contributed by atoms with Crippen LogP contribution in [-0.4, -0.2) is 54.5 Å². The molecule has 1 aromatic carbocycles. The van der Waals surface area contributed by atoms with E-state index in [1.807, 2.05) is 19.1 Å². The van der Waals surface area contributed by atoms with Gasteiger partial charge in [0.05, 0.1) is 11.4 Å². The van der Waals surface area contributed by atoms with Gasteiger partial charge in [0.25, 0.3) is 11.8 Å². The van der Waals surface area contributed by atoms with Gasteiger partial charge in [0, 0.05) is 30.4 Å². The van der Waals surface area contributed by atoms with E-state index < -0.39 is 0 Å². The molecule has 4 heterocycles. The van der Waals surface area contributed by atoms with Crippen LogP contribution in [0.4, 0.5) is 11.6 Å². The molecule has 196 valence electrons. The maximum absolute atomic E-state index is 12.9. The molecule has 4 aromatic rings. The fourth-order valence-electron chi connectivity index (χ4n) is 4.68. The van der Waals surface area contributed by atoms with Crippen LogP contribution in [-0.2, 0) is 4.79 Å². The summed E-state index contributed by atoms with van der Waals surface area (Å²) in [5.74, 6) is 0.215. The molecule has 0 saturated carbocycles. The number of carbonyl (C=O) groups is 2. The van der Waals surface area contributed by atoms with Crippen molar-refractivity contribution >= 4 is 34.5 Å². The zero-order valence-electron chi connectivity index (χ0n) is 21.8. The third-order valence-corrected chi connectivity index (χ3v) is 6.72. The van der Waals surface area contributed by atoms with E-state index in [4.69, 9.17) is 10.8 Å². The number of rotatable bonds is 5. The van der Waals surface area contributed by atoms with Gasteiger partial charge in [-0.1, -0.05) is 17.7 Å². The van der Waals surface area contributed by atoms with Crippen molar-refractivity contribution in [3.05, 3.63) is 71.2 Å². The van der Waals surface area contributed by atoms with E-state index in [0.717, 1.165) is 11.1 Å². The van der Waals surface area contributed by atoms with Crippen molar-refractivity contribution in [3.63, 3.8) is 0 Å². The quantitative estimate of drug-likeness (QED) is 0.298. The lowest BCUT2D eigenvalue weighted by molar-refractivity contribution is -0.125. The van der Waals surface area contributed by atoms with E-state index in [0.29, 0.717) is 53.2 Å². The first-order valence-electron chi connectivity index (χ1n) is 12.5. The number of nitrogen functional groups attached to an aromatic ring is 1. The Morgan fingerprint density at radius 2 is 1.90 bits per heavy atom. The van der Waals surface area contributed by atoms with Crippen molar-refractivity contribution in [1.29, 1.82) is 5.26 Å². The first-order valence-corrected chi connectivity index (χ1v) is 12.5. The predicted octanol–water partition coefficient (Wildman–Crippen LogP) is 3.66. The standard InChI is InChI=1S/C28H27N9O2/c1-16(2)21(13-29)28(39)36-11-9-20(14-36)37-26-23(25(30)32-15-33-26)24(35-37)18-4-6-19(7-5-18)27(38)34-22-12-17(3)8-10-31-22/h4-8,10,12,15,20H,9,11,14H2,1-3H3,(H2,30,32,33)(H,31,34,38)/t20-/m1/s1. The SMILES string of the molecule is CC(C)=C(C#N)C(=O)N1CC[C@@H](n2nc(-c3ccc(C(=O)Nc4cc(C)ccn4)cc3)c3c(N)ncnc32)C1. The number of carbonyl (C=O) groups excluding carboxylic acids is 2. The number of nitrogens with zero attached hydrogens (tertiary/aromatic N) is 7. The number of aromatic nitrogens is 5. The Morgan fingerprint density at radius 1 is 1.13 bits per heavy atom. The highest BCUT2D eigenvalue weighted by molar-refractivity contribution is 6.04. The van der Waals surface area contributed by atoms with Gasteiger partial charge in [0.15, 0.2) is 5.65 Å². The van der Waals surface area contributed by atoms with Gasteiger partial charge in [0.2, 0.25) is 0 Å². The Kier molecular flexibility index (Phi) is 6.77. The molecule has 0 radical (unpaired) electrons. The van der Waals surface area contributed by atoms with Gasteiger partial charge in [0.1, 0.15) is 35.3 Å². The molecule has 1 aliphatic rings.